The van der Waals surface area contributed by atoms with Crippen LogP contribution in [-0.4, -0.2) is 46.3 Å². The highest BCUT2D eigenvalue weighted by Crippen LogP contribution is 2.16. The van der Waals surface area contributed by atoms with Crippen LogP contribution in [0.1, 0.15) is 13.3 Å². The second kappa shape index (κ2) is 3.19. The minimum Gasteiger partial charge on any atom is -0.480 e. The lowest BCUT2D eigenvalue weighted by atomic mass is 10.2. The number of nitrogens with zero attached hydrogens (tertiary/aromatic N) is 1. The Kier molecular flexibility index (Phi) is 2.46. The van der Waals surface area contributed by atoms with E-state index < -0.39 is 18.1 Å². The van der Waals surface area contributed by atoms with Gasteiger partial charge in [-0.15, -0.1) is 0 Å². The van der Waals surface area contributed by atoms with E-state index in [0.717, 1.165) is 0 Å². The lowest BCUT2D eigenvalue weighted by Crippen LogP contribution is -2.35. The number of aliphatic carboxylic acids is 1. The quantitative estimate of drug-likeness (QED) is 0.571. The molecule has 1 fully saturated rings. The number of likely N-dealkylation sites (N-methyl/N-ethyl adjacent to an activating group) is 1. The summed E-state index contributed by atoms with van der Waals surface area (Å²) < 4.78 is 0. The van der Waals surface area contributed by atoms with E-state index in [0.29, 0.717) is 19.5 Å². The van der Waals surface area contributed by atoms with Crippen LogP contribution in [0.3, 0.4) is 0 Å². The van der Waals surface area contributed by atoms with Gasteiger partial charge in [0, 0.05) is 13.0 Å². The van der Waals surface area contributed by atoms with E-state index in [-0.39, 0.29) is 0 Å². The maximum atomic E-state index is 10.6. The normalized spacial score (nSPS) is 32.5. The van der Waals surface area contributed by atoms with Crippen LogP contribution < -0.4 is 0 Å². The highest BCUT2D eigenvalue weighted by atomic mass is 16.4. The van der Waals surface area contributed by atoms with Gasteiger partial charge in [0.2, 0.25) is 0 Å². The summed E-state index contributed by atoms with van der Waals surface area (Å²) in [6.45, 7) is 3.08. The highest BCUT2D eigenvalue weighted by molar-refractivity contribution is 5.73. The van der Waals surface area contributed by atoms with E-state index in [1.54, 1.807) is 4.90 Å². The summed E-state index contributed by atoms with van der Waals surface area (Å²) in [6.07, 6.45) is -0.0977. The van der Waals surface area contributed by atoms with Crippen molar-refractivity contribution in [1.29, 1.82) is 0 Å². The first-order valence-electron chi connectivity index (χ1n) is 3.80. The van der Waals surface area contributed by atoms with E-state index in [1.165, 1.54) is 0 Å². The van der Waals surface area contributed by atoms with Crippen LogP contribution in [0.5, 0.6) is 0 Å². The van der Waals surface area contributed by atoms with Crippen molar-refractivity contribution >= 4 is 5.97 Å². The standard InChI is InChI=1S/C7H13NO3/c1-2-8-4-5(9)3-6(8)7(10)11/h5-6,9H,2-4H2,1H3,(H,10,11)/t5-,6-/m0/s1. The van der Waals surface area contributed by atoms with Crippen molar-refractivity contribution in [2.24, 2.45) is 0 Å². The van der Waals surface area contributed by atoms with Crippen LogP contribution in [0.2, 0.25) is 0 Å². The lowest BCUT2D eigenvalue weighted by molar-refractivity contribution is -0.142. The Balaban J connectivity index is 2.57. The summed E-state index contributed by atoms with van der Waals surface area (Å²) in [6, 6.07) is -0.477. The second-order valence-corrected chi connectivity index (χ2v) is 2.83. The fourth-order valence-corrected chi connectivity index (χ4v) is 1.49. The van der Waals surface area contributed by atoms with E-state index in [2.05, 4.69) is 0 Å². The second-order valence-electron chi connectivity index (χ2n) is 2.83. The lowest BCUT2D eigenvalue weighted by Gasteiger charge is -2.17. The molecule has 1 aliphatic heterocycles. The Hall–Kier alpha value is -0.610. The van der Waals surface area contributed by atoms with Crippen LogP contribution in [0.25, 0.3) is 0 Å². The first-order chi connectivity index (χ1) is 5.15. The van der Waals surface area contributed by atoms with Crippen molar-refractivity contribution in [3.8, 4) is 0 Å². The van der Waals surface area contributed by atoms with Gasteiger partial charge in [-0.05, 0) is 6.54 Å². The smallest absolute Gasteiger partial charge is 0.321 e. The van der Waals surface area contributed by atoms with E-state index >= 15 is 0 Å². The number of likely N-dealkylation sites (tertiary alicyclic amines) is 1. The molecule has 0 bridgehead atoms. The molecule has 0 spiro atoms. The first-order valence-corrected chi connectivity index (χ1v) is 3.80. The summed E-state index contributed by atoms with van der Waals surface area (Å²) in [7, 11) is 0. The van der Waals surface area contributed by atoms with Crippen molar-refractivity contribution in [1.82, 2.24) is 4.90 Å². The number of hydrogen-bond donors (Lipinski definition) is 2. The molecule has 2 N–H and O–H groups in total. The molecule has 1 saturated heterocycles. The number of carboxylic acids is 1. The van der Waals surface area contributed by atoms with Crippen molar-refractivity contribution in [3.05, 3.63) is 0 Å². The zero-order valence-electron chi connectivity index (χ0n) is 6.53. The van der Waals surface area contributed by atoms with Crippen LogP contribution in [0.15, 0.2) is 0 Å². The van der Waals surface area contributed by atoms with E-state index in [4.69, 9.17) is 10.2 Å². The summed E-state index contributed by atoms with van der Waals surface area (Å²) in [5, 5.41) is 17.8. The molecular weight excluding hydrogens is 146 g/mol. The predicted octanol–water partition coefficient (Wildman–Crippen LogP) is -0.474. The Morgan fingerprint density at radius 1 is 1.73 bits per heavy atom. The van der Waals surface area contributed by atoms with Crippen molar-refractivity contribution < 1.29 is 15.0 Å². The molecular formula is C7H13NO3. The van der Waals surface area contributed by atoms with Gasteiger partial charge in [-0.3, -0.25) is 9.69 Å². The molecule has 0 aromatic carbocycles. The van der Waals surface area contributed by atoms with Gasteiger partial charge >= 0.3 is 5.97 Å². The van der Waals surface area contributed by atoms with Crippen LogP contribution in [0.4, 0.5) is 0 Å². The molecule has 4 heteroatoms. The zero-order chi connectivity index (χ0) is 8.43. The van der Waals surface area contributed by atoms with E-state index in [9.17, 15) is 4.79 Å². The summed E-state index contributed by atoms with van der Waals surface area (Å²) in [5.74, 6) is -0.830. The van der Waals surface area contributed by atoms with Gasteiger partial charge in [0.15, 0.2) is 0 Å². The van der Waals surface area contributed by atoms with Crippen LogP contribution >= 0.6 is 0 Å². The molecule has 2 atom stereocenters. The molecule has 0 unspecified atom stereocenters. The van der Waals surface area contributed by atoms with Gasteiger partial charge in [-0.2, -0.15) is 0 Å². The third-order valence-electron chi connectivity index (χ3n) is 2.07. The average molecular weight is 159 g/mol. The molecule has 4 nitrogen and oxygen atoms in total. The molecule has 0 aromatic rings. The topological polar surface area (TPSA) is 60.8 Å². The van der Waals surface area contributed by atoms with Gasteiger partial charge in [0.25, 0.3) is 0 Å². The SMILES string of the molecule is CCN1C[C@@H](O)C[C@H]1C(=O)O. The third-order valence-corrected chi connectivity index (χ3v) is 2.07. The maximum Gasteiger partial charge on any atom is 0.321 e. The van der Waals surface area contributed by atoms with Gasteiger partial charge < -0.3 is 10.2 Å². The van der Waals surface area contributed by atoms with Crippen molar-refractivity contribution in [2.75, 3.05) is 13.1 Å². The summed E-state index contributed by atoms with van der Waals surface area (Å²) >= 11 is 0. The predicted molar refractivity (Wildman–Crippen MR) is 39.3 cm³/mol. The highest BCUT2D eigenvalue weighted by Gasteiger charge is 2.34. The number of carbonyl (C=O) groups is 1. The number of aliphatic hydroxyl groups is 1. The molecule has 1 aliphatic rings. The molecule has 1 rings (SSSR count). The Bertz CT molecular complexity index is 160. The molecule has 0 saturated carbocycles. The molecule has 64 valence electrons. The monoisotopic (exact) mass is 159 g/mol. The van der Waals surface area contributed by atoms with Crippen LogP contribution in [0, 0.1) is 0 Å². The summed E-state index contributed by atoms with van der Waals surface area (Å²) in [5.41, 5.74) is 0. The van der Waals surface area contributed by atoms with Gasteiger partial charge in [-0.1, -0.05) is 6.92 Å². The van der Waals surface area contributed by atoms with Gasteiger partial charge in [0.05, 0.1) is 6.10 Å². The van der Waals surface area contributed by atoms with E-state index in [1.807, 2.05) is 6.92 Å². The van der Waals surface area contributed by atoms with Gasteiger partial charge in [-0.25, -0.2) is 0 Å². The number of hydrogen-bond acceptors (Lipinski definition) is 3. The molecule has 0 aromatic heterocycles. The largest absolute Gasteiger partial charge is 0.480 e. The number of rotatable bonds is 2. The Morgan fingerprint density at radius 3 is 2.73 bits per heavy atom. The molecule has 11 heavy (non-hydrogen) atoms. The summed E-state index contributed by atoms with van der Waals surface area (Å²) in [4.78, 5) is 12.3. The number of aliphatic hydroxyl groups excluding tert-OH is 1. The zero-order valence-corrected chi connectivity index (χ0v) is 6.53. The molecule has 0 aliphatic carbocycles. The molecule has 0 amide bonds. The van der Waals surface area contributed by atoms with Crippen molar-refractivity contribution in [3.63, 3.8) is 0 Å². The van der Waals surface area contributed by atoms with Gasteiger partial charge in [0.1, 0.15) is 6.04 Å². The fourth-order valence-electron chi connectivity index (χ4n) is 1.49. The Labute approximate surface area is 65.4 Å². The third kappa shape index (κ3) is 1.70. The fraction of sp³-hybridized carbons (Fsp3) is 0.857. The first kappa shape index (κ1) is 8.49. The molecule has 1 heterocycles. The van der Waals surface area contributed by atoms with Crippen LogP contribution in [-0.2, 0) is 4.79 Å². The maximum absolute atomic E-state index is 10.6. The van der Waals surface area contributed by atoms with Crippen molar-refractivity contribution in [2.45, 2.75) is 25.5 Å². The minimum atomic E-state index is -0.830. The number of β-amino-alcohol motifs (C(OH)–C–C–N with tert-alkyl or cyclic N) is 1. The average Bonchev–Trinajstić information content (AvgIpc) is 2.30. The molecule has 0 radical (unpaired) electrons. The minimum absolute atomic E-state index is 0.364. The Morgan fingerprint density at radius 2 is 2.36 bits per heavy atom. The number of carboxylic acid groups (broad SMARTS) is 1.